The van der Waals surface area contributed by atoms with Crippen molar-refractivity contribution >= 4 is 6.03 Å². The van der Waals surface area contributed by atoms with Crippen LogP contribution in [0.15, 0.2) is 0 Å². The average molecular weight is 239 g/mol. The SMILES string of the molecule is O=C(NCCN1CCCCC1)NC1CCCC1. The van der Waals surface area contributed by atoms with Crippen molar-refractivity contribution in [3.05, 3.63) is 0 Å². The summed E-state index contributed by atoms with van der Waals surface area (Å²) in [5, 5.41) is 6.01. The molecule has 0 aromatic carbocycles. The molecule has 4 heteroatoms. The van der Waals surface area contributed by atoms with E-state index in [0.717, 1.165) is 25.9 Å². The molecule has 2 rings (SSSR count). The number of likely N-dealkylation sites (tertiary alicyclic amines) is 1. The summed E-state index contributed by atoms with van der Waals surface area (Å²) in [6, 6.07) is 0.443. The highest BCUT2D eigenvalue weighted by atomic mass is 16.2. The van der Waals surface area contributed by atoms with Crippen molar-refractivity contribution in [2.24, 2.45) is 0 Å². The Kier molecular flexibility index (Phi) is 5.10. The summed E-state index contributed by atoms with van der Waals surface area (Å²) in [6.45, 7) is 4.18. The van der Waals surface area contributed by atoms with Crippen LogP contribution in [0, 0.1) is 0 Å². The third-order valence-electron chi connectivity index (χ3n) is 3.85. The van der Waals surface area contributed by atoms with Crippen LogP contribution in [0.2, 0.25) is 0 Å². The van der Waals surface area contributed by atoms with Gasteiger partial charge in [0.2, 0.25) is 0 Å². The van der Waals surface area contributed by atoms with Gasteiger partial charge >= 0.3 is 6.03 Å². The Morgan fingerprint density at radius 1 is 1.06 bits per heavy atom. The summed E-state index contributed by atoms with van der Waals surface area (Å²) in [5.41, 5.74) is 0. The van der Waals surface area contributed by atoms with Gasteiger partial charge in [-0.3, -0.25) is 0 Å². The van der Waals surface area contributed by atoms with Crippen LogP contribution in [0.1, 0.15) is 44.9 Å². The van der Waals surface area contributed by atoms with Crippen molar-refractivity contribution in [3.63, 3.8) is 0 Å². The zero-order chi connectivity index (χ0) is 11.9. The van der Waals surface area contributed by atoms with Crippen LogP contribution in [0.3, 0.4) is 0 Å². The number of hydrogen-bond acceptors (Lipinski definition) is 2. The molecule has 0 aromatic rings. The van der Waals surface area contributed by atoms with Gasteiger partial charge in [-0.1, -0.05) is 19.3 Å². The van der Waals surface area contributed by atoms with Gasteiger partial charge in [0.25, 0.3) is 0 Å². The van der Waals surface area contributed by atoms with Gasteiger partial charge in [-0.2, -0.15) is 0 Å². The Labute approximate surface area is 104 Å². The maximum atomic E-state index is 11.6. The van der Waals surface area contributed by atoms with Gasteiger partial charge in [0.05, 0.1) is 0 Å². The van der Waals surface area contributed by atoms with Crippen LogP contribution in [-0.2, 0) is 0 Å². The van der Waals surface area contributed by atoms with Crippen molar-refractivity contribution in [2.75, 3.05) is 26.2 Å². The second kappa shape index (κ2) is 6.84. The molecule has 0 spiro atoms. The molecule has 2 aliphatic rings. The third kappa shape index (κ3) is 4.54. The number of nitrogens with zero attached hydrogens (tertiary/aromatic N) is 1. The summed E-state index contributed by atoms with van der Waals surface area (Å²) in [5.74, 6) is 0. The van der Waals surface area contributed by atoms with Gasteiger partial charge in [0.15, 0.2) is 0 Å². The minimum atomic E-state index is 0.0221. The number of urea groups is 1. The highest BCUT2D eigenvalue weighted by molar-refractivity contribution is 5.74. The topological polar surface area (TPSA) is 44.4 Å². The Morgan fingerprint density at radius 2 is 1.76 bits per heavy atom. The van der Waals surface area contributed by atoms with Crippen LogP contribution in [-0.4, -0.2) is 43.2 Å². The predicted octanol–water partition coefficient (Wildman–Crippen LogP) is 1.71. The van der Waals surface area contributed by atoms with Crippen LogP contribution in [0.25, 0.3) is 0 Å². The second-order valence-corrected chi connectivity index (χ2v) is 5.28. The van der Waals surface area contributed by atoms with Gasteiger partial charge in [0, 0.05) is 19.1 Å². The summed E-state index contributed by atoms with van der Waals surface area (Å²) in [6.07, 6.45) is 8.82. The van der Waals surface area contributed by atoms with Gasteiger partial charge in [-0.05, 0) is 38.8 Å². The highest BCUT2D eigenvalue weighted by Crippen LogP contribution is 2.17. The van der Waals surface area contributed by atoms with Gasteiger partial charge < -0.3 is 15.5 Å². The molecule has 0 unspecified atom stereocenters. The van der Waals surface area contributed by atoms with Gasteiger partial charge in [-0.15, -0.1) is 0 Å². The van der Waals surface area contributed by atoms with Crippen molar-refractivity contribution in [3.8, 4) is 0 Å². The van der Waals surface area contributed by atoms with E-state index < -0.39 is 0 Å². The molecule has 0 radical (unpaired) electrons. The molecule has 98 valence electrons. The molecular formula is C13H25N3O. The molecule has 1 saturated carbocycles. The Balaban J connectivity index is 1.53. The van der Waals surface area contributed by atoms with Crippen molar-refractivity contribution < 1.29 is 4.79 Å². The van der Waals surface area contributed by atoms with Crippen LogP contribution < -0.4 is 10.6 Å². The predicted molar refractivity (Wildman–Crippen MR) is 69.1 cm³/mol. The minimum absolute atomic E-state index is 0.0221. The van der Waals surface area contributed by atoms with Crippen molar-refractivity contribution in [2.45, 2.75) is 51.0 Å². The average Bonchev–Trinajstić information content (AvgIpc) is 2.83. The maximum Gasteiger partial charge on any atom is 0.315 e. The highest BCUT2D eigenvalue weighted by Gasteiger charge is 2.16. The lowest BCUT2D eigenvalue weighted by Crippen LogP contribution is -2.44. The van der Waals surface area contributed by atoms with Crippen LogP contribution in [0.4, 0.5) is 4.79 Å². The van der Waals surface area contributed by atoms with E-state index in [1.807, 2.05) is 0 Å². The fourth-order valence-electron chi connectivity index (χ4n) is 2.82. The Bertz CT molecular complexity index is 233. The van der Waals surface area contributed by atoms with E-state index in [9.17, 15) is 4.79 Å². The molecule has 2 N–H and O–H groups in total. The van der Waals surface area contributed by atoms with E-state index in [4.69, 9.17) is 0 Å². The smallest absolute Gasteiger partial charge is 0.315 e. The van der Waals surface area contributed by atoms with E-state index >= 15 is 0 Å². The molecule has 0 bridgehead atoms. The summed E-state index contributed by atoms with van der Waals surface area (Å²) in [7, 11) is 0. The number of amides is 2. The molecule has 2 amide bonds. The maximum absolute atomic E-state index is 11.6. The van der Waals surface area contributed by atoms with Crippen LogP contribution in [0.5, 0.6) is 0 Å². The normalized spacial score (nSPS) is 22.6. The number of hydrogen-bond donors (Lipinski definition) is 2. The first-order chi connectivity index (χ1) is 8.34. The Morgan fingerprint density at radius 3 is 2.47 bits per heavy atom. The quantitative estimate of drug-likeness (QED) is 0.784. The van der Waals surface area contributed by atoms with E-state index in [1.54, 1.807) is 0 Å². The van der Waals surface area contributed by atoms with E-state index in [2.05, 4.69) is 15.5 Å². The lowest BCUT2D eigenvalue weighted by Gasteiger charge is -2.26. The number of carbonyl (C=O) groups is 1. The zero-order valence-corrected chi connectivity index (χ0v) is 10.7. The number of carbonyl (C=O) groups excluding carboxylic acids is 1. The molecule has 1 saturated heterocycles. The van der Waals surface area contributed by atoms with E-state index in [1.165, 1.54) is 45.2 Å². The summed E-state index contributed by atoms with van der Waals surface area (Å²) < 4.78 is 0. The van der Waals surface area contributed by atoms with Gasteiger partial charge in [-0.25, -0.2) is 4.79 Å². The second-order valence-electron chi connectivity index (χ2n) is 5.28. The lowest BCUT2D eigenvalue weighted by atomic mass is 10.1. The molecule has 1 aliphatic carbocycles. The standard InChI is InChI=1S/C13H25N3O/c17-13(15-12-6-2-3-7-12)14-8-11-16-9-4-1-5-10-16/h12H,1-11H2,(H2,14,15,17). The summed E-state index contributed by atoms with van der Waals surface area (Å²) >= 11 is 0. The molecule has 4 nitrogen and oxygen atoms in total. The van der Waals surface area contributed by atoms with Crippen molar-refractivity contribution in [1.82, 2.24) is 15.5 Å². The molecule has 1 aliphatic heterocycles. The third-order valence-corrected chi connectivity index (χ3v) is 3.85. The molecule has 2 fully saturated rings. The number of piperidine rings is 1. The zero-order valence-electron chi connectivity index (χ0n) is 10.7. The van der Waals surface area contributed by atoms with Crippen LogP contribution >= 0.6 is 0 Å². The fraction of sp³-hybridized carbons (Fsp3) is 0.923. The minimum Gasteiger partial charge on any atom is -0.337 e. The van der Waals surface area contributed by atoms with E-state index in [0.29, 0.717) is 6.04 Å². The number of nitrogens with one attached hydrogen (secondary N) is 2. The largest absolute Gasteiger partial charge is 0.337 e. The first kappa shape index (κ1) is 12.7. The molecule has 1 heterocycles. The van der Waals surface area contributed by atoms with E-state index in [-0.39, 0.29) is 6.03 Å². The Hall–Kier alpha value is -0.770. The fourth-order valence-corrected chi connectivity index (χ4v) is 2.82. The molecule has 17 heavy (non-hydrogen) atoms. The number of rotatable bonds is 4. The van der Waals surface area contributed by atoms with Gasteiger partial charge in [0.1, 0.15) is 0 Å². The first-order valence-corrected chi connectivity index (χ1v) is 7.11. The molecular weight excluding hydrogens is 214 g/mol. The monoisotopic (exact) mass is 239 g/mol. The van der Waals surface area contributed by atoms with Crippen molar-refractivity contribution in [1.29, 1.82) is 0 Å². The molecule has 0 atom stereocenters. The summed E-state index contributed by atoms with van der Waals surface area (Å²) in [4.78, 5) is 14.0. The first-order valence-electron chi connectivity index (χ1n) is 7.11. The molecule has 0 aromatic heterocycles. The lowest BCUT2D eigenvalue weighted by molar-refractivity contribution is 0.219.